The fraction of sp³-hybridized carbons (Fsp3) is 0.348. The van der Waals surface area contributed by atoms with Crippen molar-refractivity contribution in [3.8, 4) is 11.5 Å². The highest BCUT2D eigenvalue weighted by Gasteiger charge is 2.12. The zero-order valence-electron chi connectivity index (χ0n) is 16.7. The van der Waals surface area contributed by atoms with Crippen LogP contribution in [0.1, 0.15) is 39.8 Å². The third-order valence-electron chi connectivity index (χ3n) is 5.30. The maximum atomic E-state index is 12.5. The van der Waals surface area contributed by atoms with Gasteiger partial charge in [0.05, 0.1) is 0 Å². The van der Waals surface area contributed by atoms with Gasteiger partial charge in [-0.25, -0.2) is 0 Å². The number of amides is 1. The summed E-state index contributed by atoms with van der Waals surface area (Å²) in [5.41, 5.74) is 5.43. The molecule has 2 N–H and O–H groups in total. The van der Waals surface area contributed by atoms with E-state index in [4.69, 9.17) is 4.52 Å². The van der Waals surface area contributed by atoms with Crippen LogP contribution < -0.4 is 10.6 Å². The second kappa shape index (κ2) is 9.01. The number of hydrogen-bond acceptors (Lipinski definition) is 5. The summed E-state index contributed by atoms with van der Waals surface area (Å²) in [6.45, 7) is 4.56. The van der Waals surface area contributed by atoms with Crippen LogP contribution in [0.25, 0.3) is 11.5 Å². The van der Waals surface area contributed by atoms with E-state index in [1.165, 1.54) is 11.1 Å². The quantitative estimate of drug-likeness (QED) is 0.676. The molecule has 6 heteroatoms. The summed E-state index contributed by atoms with van der Waals surface area (Å²) in [5, 5.41) is 10.4. The van der Waals surface area contributed by atoms with Gasteiger partial charge in [0.2, 0.25) is 0 Å². The first-order valence-corrected chi connectivity index (χ1v) is 10.3. The largest absolute Gasteiger partial charge is 0.352 e. The zero-order chi connectivity index (χ0) is 20.1. The van der Waals surface area contributed by atoms with E-state index in [-0.39, 0.29) is 5.91 Å². The minimum atomic E-state index is -0.0143. The lowest BCUT2D eigenvalue weighted by molar-refractivity contribution is 0.0954. The standard InChI is InChI=1S/C23H26N4O2/c1-2-21-26-23(29-27-21)18-5-3-16(4-6-18)9-14-25-22(28)20-8-7-17-10-12-24-13-11-19(17)15-20/h3-8,15,24H,2,9-14H2,1H3,(H,25,28). The molecule has 1 aliphatic heterocycles. The molecule has 3 aromatic rings. The Morgan fingerprint density at radius 1 is 1.10 bits per heavy atom. The molecule has 2 heterocycles. The Balaban J connectivity index is 1.31. The van der Waals surface area contributed by atoms with Crippen molar-refractivity contribution in [2.24, 2.45) is 0 Å². The Labute approximate surface area is 170 Å². The number of hydrogen-bond donors (Lipinski definition) is 2. The van der Waals surface area contributed by atoms with Gasteiger partial charge in [0.1, 0.15) is 0 Å². The van der Waals surface area contributed by atoms with Gasteiger partial charge in [-0.15, -0.1) is 0 Å². The van der Waals surface area contributed by atoms with Crippen LogP contribution in [-0.2, 0) is 25.7 Å². The minimum Gasteiger partial charge on any atom is -0.352 e. The molecule has 0 unspecified atom stereocenters. The predicted octanol–water partition coefficient (Wildman–Crippen LogP) is 2.96. The number of nitrogens with one attached hydrogen (secondary N) is 2. The van der Waals surface area contributed by atoms with Crippen molar-refractivity contribution >= 4 is 5.91 Å². The molecular formula is C23H26N4O2. The summed E-state index contributed by atoms with van der Waals surface area (Å²) in [6, 6.07) is 14.1. The molecule has 2 aromatic carbocycles. The van der Waals surface area contributed by atoms with Crippen LogP contribution in [-0.4, -0.2) is 35.7 Å². The van der Waals surface area contributed by atoms with Crippen molar-refractivity contribution in [2.45, 2.75) is 32.6 Å². The summed E-state index contributed by atoms with van der Waals surface area (Å²) >= 11 is 0. The third kappa shape index (κ3) is 4.71. The molecule has 0 aliphatic carbocycles. The second-order valence-corrected chi connectivity index (χ2v) is 7.31. The molecule has 0 fully saturated rings. The van der Waals surface area contributed by atoms with Gasteiger partial charge in [0.25, 0.3) is 11.8 Å². The van der Waals surface area contributed by atoms with Crippen LogP contribution in [0, 0.1) is 0 Å². The van der Waals surface area contributed by atoms with Crippen LogP contribution in [0.4, 0.5) is 0 Å². The van der Waals surface area contributed by atoms with Crippen molar-refractivity contribution in [3.63, 3.8) is 0 Å². The molecule has 1 amide bonds. The van der Waals surface area contributed by atoms with E-state index in [1.807, 2.05) is 43.3 Å². The molecule has 0 spiro atoms. The fourth-order valence-electron chi connectivity index (χ4n) is 3.57. The van der Waals surface area contributed by atoms with Crippen molar-refractivity contribution in [1.29, 1.82) is 0 Å². The average molecular weight is 390 g/mol. The lowest BCUT2D eigenvalue weighted by atomic mass is 10.00. The molecule has 29 heavy (non-hydrogen) atoms. The van der Waals surface area contributed by atoms with Gasteiger partial charge in [0, 0.05) is 24.1 Å². The number of carbonyl (C=O) groups excluding carboxylic acids is 1. The third-order valence-corrected chi connectivity index (χ3v) is 5.30. The number of carbonyl (C=O) groups is 1. The van der Waals surface area contributed by atoms with Gasteiger partial charge in [-0.3, -0.25) is 4.79 Å². The first-order chi connectivity index (χ1) is 14.2. The number of aromatic nitrogens is 2. The van der Waals surface area contributed by atoms with E-state index in [1.54, 1.807) is 0 Å². The van der Waals surface area contributed by atoms with Gasteiger partial charge in [-0.1, -0.05) is 30.3 Å². The number of aryl methyl sites for hydroxylation is 1. The topological polar surface area (TPSA) is 80.0 Å². The van der Waals surface area contributed by atoms with E-state index in [9.17, 15) is 4.79 Å². The van der Waals surface area contributed by atoms with Crippen molar-refractivity contribution in [3.05, 3.63) is 70.5 Å². The smallest absolute Gasteiger partial charge is 0.257 e. The van der Waals surface area contributed by atoms with Gasteiger partial charge in [0.15, 0.2) is 5.82 Å². The van der Waals surface area contributed by atoms with Crippen molar-refractivity contribution in [2.75, 3.05) is 19.6 Å². The Morgan fingerprint density at radius 3 is 2.66 bits per heavy atom. The number of nitrogens with zero attached hydrogens (tertiary/aromatic N) is 2. The average Bonchev–Trinajstić information content (AvgIpc) is 3.12. The summed E-state index contributed by atoms with van der Waals surface area (Å²) in [5.74, 6) is 1.24. The van der Waals surface area contributed by atoms with Gasteiger partial charge >= 0.3 is 0 Å². The Morgan fingerprint density at radius 2 is 1.90 bits per heavy atom. The van der Waals surface area contributed by atoms with Crippen LogP contribution in [0.15, 0.2) is 47.0 Å². The molecule has 0 saturated carbocycles. The monoisotopic (exact) mass is 390 g/mol. The van der Waals surface area contributed by atoms with Crippen LogP contribution in [0.2, 0.25) is 0 Å². The highest BCUT2D eigenvalue weighted by Crippen LogP contribution is 2.18. The molecule has 4 rings (SSSR count). The van der Waals surface area contributed by atoms with Gasteiger partial charge in [-0.05, 0) is 73.3 Å². The lowest BCUT2D eigenvalue weighted by Crippen LogP contribution is -2.25. The molecule has 0 bridgehead atoms. The molecule has 0 saturated heterocycles. The van der Waals surface area contributed by atoms with Gasteiger partial charge in [-0.2, -0.15) is 4.98 Å². The fourth-order valence-corrected chi connectivity index (χ4v) is 3.57. The Kier molecular flexibility index (Phi) is 6.00. The summed E-state index contributed by atoms with van der Waals surface area (Å²) in [7, 11) is 0. The van der Waals surface area contributed by atoms with Crippen LogP contribution in [0.5, 0.6) is 0 Å². The molecule has 1 aliphatic rings. The highest BCUT2D eigenvalue weighted by molar-refractivity contribution is 5.94. The maximum absolute atomic E-state index is 12.5. The first kappa shape index (κ1) is 19.3. The molecule has 1 aromatic heterocycles. The molecule has 0 radical (unpaired) electrons. The van der Waals surface area contributed by atoms with E-state index in [2.05, 4.69) is 26.8 Å². The molecular weight excluding hydrogens is 364 g/mol. The van der Waals surface area contributed by atoms with Crippen molar-refractivity contribution in [1.82, 2.24) is 20.8 Å². The summed E-state index contributed by atoms with van der Waals surface area (Å²) in [6.07, 6.45) is 3.52. The minimum absolute atomic E-state index is 0.0143. The normalized spacial score (nSPS) is 13.6. The van der Waals surface area contributed by atoms with E-state index >= 15 is 0 Å². The van der Waals surface area contributed by atoms with E-state index in [0.29, 0.717) is 18.3 Å². The Hall–Kier alpha value is -2.99. The number of benzene rings is 2. The number of fused-ring (bicyclic) bond motifs is 1. The highest BCUT2D eigenvalue weighted by atomic mass is 16.5. The molecule has 6 nitrogen and oxygen atoms in total. The van der Waals surface area contributed by atoms with Crippen LogP contribution >= 0.6 is 0 Å². The summed E-state index contributed by atoms with van der Waals surface area (Å²) < 4.78 is 5.27. The van der Waals surface area contributed by atoms with E-state index < -0.39 is 0 Å². The molecule has 150 valence electrons. The van der Waals surface area contributed by atoms with E-state index in [0.717, 1.165) is 55.5 Å². The Bertz CT molecular complexity index is 979. The van der Waals surface area contributed by atoms with Gasteiger partial charge < -0.3 is 15.2 Å². The van der Waals surface area contributed by atoms with Crippen molar-refractivity contribution < 1.29 is 9.32 Å². The first-order valence-electron chi connectivity index (χ1n) is 10.3. The lowest BCUT2D eigenvalue weighted by Gasteiger charge is -2.09. The SMILES string of the molecule is CCc1noc(-c2ccc(CCNC(=O)c3ccc4c(c3)CCNCC4)cc2)n1. The maximum Gasteiger partial charge on any atom is 0.257 e. The van der Waals surface area contributed by atoms with Crippen LogP contribution in [0.3, 0.4) is 0 Å². The summed E-state index contributed by atoms with van der Waals surface area (Å²) in [4.78, 5) is 16.9. The molecule has 0 atom stereocenters. The predicted molar refractivity (Wildman–Crippen MR) is 112 cm³/mol. The zero-order valence-corrected chi connectivity index (χ0v) is 16.7. The second-order valence-electron chi connectivity index (χ2n) is 7.31. The number of rotatable bonds is 6.